The van der Waals surface area contributed by atoms with Crippen molar-refractivity contribution in [2.75, 3.05) is 11.4 Å². The molecule has 1 N–H and O–H groups in total. The van der Waals surface area contributed by atoms with Gasteiger partial charge in [-0.15, -0.1) is 0 Å². The Kier molecular flexibility index (Phi) is 4.38. The molecule has 1 unspecified atom stereocenters. The summed E-state index contributed by atoms with van der Waals surface area (Å²) >= 11 is 0. The van der Waals surface area contributed by atoms with Gasteiger partial charge in [0.25, 0.3) is 0 Å². The van der Waals surface area contributed by atoms with E-state index >= 15 is 0 Å². The van der Waals surface area contributed by atoms with Gasteiger partial charge in [0.15, 0.2) is 11.9 Å². The third kappa shape index (κ3) is 2.93. The molecule has 4 heterocycles. The molecule has 0 fully saturated rings. The van der Waals surface area contributed by atoms with Crippen molar-refractivity contribution in [2.24, 2.45) is 15.6 Å². The average molecular weight is 440 g/mol. The second-order valence-electron chi connectivity index (χ2n) is 10.4. The van der Waals surface area contributed by atoms with Crippen LogP contribution in [-0.4, -0.2) is 23.5 Å². The smallest absolute Gasteiger partial charge is 0.164 e. The summed E-state index contributed by atoms with van der Waals surface area (Å²) in [5.74, 6) is 0.239. The lowest BCUT2D eigenvalue weighted by Crippen LogP contribution is -2.51. The van der Waals surface area contributed by atoms with Gasteiger partial charge in [-0.3, -0.25) is 9.78 Å². The molecule has 0 amide bonds. The zero-order chi connectivity index (χ0) is 22.8. The minimum absolute atomic E-state index is 0.0620. The Bertz CT molecular complexity index is 1260. The molecule has 1 aromatic carbocycles. The van der Waals surface area contributed by atoms with Crippen LogP contribution in [-0.2, 0) is 16.6 Å². The first-order valence-corrected chi connectivity index (χ1v) is 11.9. The molecule has 0 spiro atoms. The highest BCUT2D eigenvalue weighted by molar-refractivity contribution is 6.01. The van der Waals surface area contributed by atoms with Crippen LogP contribution in [0, 0.1) is 5.41 Å². The van der Waals surface area contributed by atoms with Gasteiger partial charge in [0.2, 0.25) is 0 Å². The van der Waals surface area contributed by atoms with Gasteiger partial charge in [0, 0.05) is 41.7 Å². The molecule has 0 bridgehead atoms. The minimum Gasteiger partial charge on any atom is -0.362 e. The predicted molar refractivity (Wildman–Crippen MR) is 128 cm³/mol. The zero-order valence-electron chi connectivity index (χ0n) is 19.4. The van der Waals surface area contributed by atoms with Crippen molar-refractivity contribution in [3.63, 3.8) is 0 Å². The average Bonchev–Trinajstić information content (AvgIpc) is 3.44. The van der Waals surface area contributed by atoms with Crippen LogP contribution in [0.3, 0.4) is 0 Å². The van der Waals surface area contributed by atoms with E-state index in [-0.39, 0.29) is 17.4 Å². The summed E-state index contributed by atoms with van der Waals surface area (Å²) in [5, 5.41) is 12.3. The van der Waals surface area contributed by atoms with E-state index in [0.29, 0.717) is 6.42 Å². The molecule has 33 heavy (non-hydrogen) atoms. The van der Waals surface area contributed by atoms with Crippen molar-refractivity contribution in [3.05, 3.63) is 76.9 Å². The molecule has 6 heteroatoms. The number of carbonyl (C=O) groups excluding carboxylic acids is 1. The topological polar surface area (TPSA) is 70.0 Å². The highest BCUT2D eigenvalue weighted by Crippen LogP contribution is 2.54. The third-order valence-electron chi connectivity index (χ3n) is 7.74. The van der Waals surface area contributed by atoms with E-state index in [1.54, 1.807) is 0 Å². The van der Waals surface area contributed by atoms with Crippen LogP contribution < -0.4 is 10.2 Å². The number of nitrogens with one attached hydrogen (secondary N) is 1. The Morgan fingerprint density at radius 3 is 2.94 bits per heavy atom. The van der Waals surface area contributed by atoms with Crippen molar-refractivity contribution in [3.8, 4) is 0 Å². The van der Waals surface area contributed by atoms with E-state index in [0.717, 1.165) is 53.9 Å². The van der Waals surface area contributed by atoms with Crippen molar-refractivity contribution < 1.29 is 4.79 Å². The molecule has 6 nitrogen and oxygen atoms in total. The highest BCUT2D eigenvalue weighted by atomic mass is 16.1. The number of anilines is 2. The van der Waals surface area contributed by atoms with E-state index < -0.39 is 5.41 Å². The summed E-state index contributed by atoms with van der Waals surface area (Å²) in [5.41, 5.74) is 7.24. The number of aromatic nitrogens is 1. The van der Waals surface area contributed by atoms with Gasteiger partial charge in [0.05, 0.1) is 23.5 Å². The number of hydrogen-bond donors (Lipinski definition) is 1. The number of pyridine rings is 1. The van der Waals surface area contributed by atoms with E-state index in [4.69, 9.17) is 0 Å². The van der Waals surface area contributed by atoms with Gasteiger partial charge in [-0.2, -0.15) is 10.2 Å². The summed E-state index contributed by atoms with van der Waals surface area (Å²) < 4.78 is 0. The van der Waals surface area contributed by atoms with Gasteiger partial charge in [-0.25, -0.2) is 0 Å². The third-order valence-corrected chi connectivity index (χ3v) is 7.74. The van der Waals surface area contributed by atoms with E-state index in [9.17, 15) is 4.79 Å². The fraction of sp³-hybridized carbons (Fsp3) is 0.407. The fourth-order valence-electron chi connectivity index (χ4n) is 6.32. The summed E-state index contributed by atoms with van der Waals surface area (Å²) in [4.78, 5) is 20.4. The standard InChI is InChI=1S/C27H29N5O/c1-4-27(18-6-5-7-19(12-18)32-11-9-17-8-10-28-16-22(17)32)20-15-29-31-25(20)30-21-13-26(2,3)14-23(33)24(21)27/h5-8,10,12,15-16,25,30H,4,9,11,13-14H2,1-3H3/t25?,27-/m1/s1. The lowest BCUT2D eigenvalue weighted by molar-refractivity contribution is -0.119. The van der Waals surface area contributed by atoms with Crippen molar-refractivity contribution >= 4 is 17.2 Å². The number of carbonyl (C=O) groups is 1. The number of fused-ring (bicyclic) bond motifs is 2. The second-order valence-corrected chi connectivity index (χ2v) is 10.4. The Morgan fingerprint density at radius 2 is 2.09 bits per heavy atom. The van der Waals surface area contributed by atoms with Gasteiger partial charge in [-0.05, 0) is 54.0 Å². The Labute approximate surface area is 194 Å². The Balaban J connectivity index is 1.53. The van der Waals surface area contributed by atoms with E-state index in [1.165, 1.54) is 11.3 Å². The number of benzene rings is 1. The Morgan fingerprint density at radius 1 is 1.21 bits per heavy atom. The first-order chi connectivity index (χ1) is 15.9. The van der Waals surface area contributed by atoms with Crippen LogP contribution >= 0.6 is 0 Å². The van der Waals surface area contributed by atoms with Gasteiger partial charge < -0.3 is 10.2 Å². The molecule has 1 aliphatic carbocycles. The maximum Gasteiger partial charge on any atom is 0.164 e. The lowest BCUT2D eigenvalue weighted by atomic mass is 9.59. The molecule has 2 atom stereocenters. The first-order valence-electron chi connectivity index (χ1n) is 11.9. The van der Waals surface area contributed by atoms with Crippen LogP contribution in [0.1, 0.15) is 51.2 Å². The quantitative estimate of drug-likeness (QED) is 0.700. The molecule has 0 saturated carbocycles. The number of ketones is 1. The molecular formula is C27H29N5O. The lowest BCUT2D eigenvalue weighted by Gasteiger charge is -2.48. The predicted octanol–water partition coefficient (Wildman–Crippen LogP) is 5.35. The molecule has 6 rings (SSSR count). The minimum atomic E-state index is -0.518. The van der Waals surface area contributed by atoms with Crippen LogP contribution in [0.25, 0.3) is 0 Å². The van der Waals surface area contributed by atoms with Crippen LogP contribution in [0.5, 0.6) is 0 Å². The summed E-state index contributed by atoms with van der Waals surface area (Å²) in [6.45, 7) is 7.46. The summed E-state index contributed by atoms with van der Waals surface area (Å²) in [6, 6.07) is 10.8. The summed E-state index contributed by atoms with van der Waals surface area (Å²) in [6.07, 6.45) is 8.70. The maximum absolute atomic E-state index is 13.7. The monoisotopic (exact) mass is 439 g/mol. The van der Waals surface area contributed by atoms with Crippen LogP contribution in [0.2, 0.25) is 0 Å². The van der Waals surface area contributed by atoms with Crippen molar-refractivity contribution in [1.82, 2.24) is 10.3 Å². The Hall–Kier alpha value is -3.28. The fourth-order valence-corrected chi connectivity index (χ4v) is 6.32. The van der Waals surface area contributed by atoms with Gasteiger partial charge >= 0.3 is 0 Å². The number of Topliss-reactive ketones (excluding diaryl/α,β-unsaturated/α-hetero) is 1. The van der Waals surface area contributed by atoms with Gasteiger partial charge in [-0.1, -0.05) is 32.9 Å². The first kappa shape index (κ1) is 20.3. The van der Waals surface area contributed by atoms with E-state index in [1.807, 2.05) is 18.6 Å². The van der Waals surface area contributed by atoms with E-state index in [2.05, 4.69) is 76.5 Å². The number of azo groups is 1. The molecule has 168 valence electrons. The molecule has 0 radical (unpaired) electrons. The molecule has 0 saturated heterocycles. The van der Waals surface area contributed by atoms with Crippen LogP contribution in [0.4, 0.5) is 11.4 Å². The molecular weight excluding hydrogens is 410 g/mol. The SMILES string of the molecule is CC[C@@]1(c2cccc(N3CCc4ccncc43)c2)C2=CN=NC2NC2=C1C(=O)CC(C)(C)C2. The van der Waals surface area contributed by atoms with Crippen molar-refractivity contribution in [2.45, 2.75) is 58.0 Å². The van der Waals surface area contributed by atoms with Crippen LogP contribution in [0.15, 0.2) is 76.0 Å². The number of allylic oxidation sites excluding steroid dienone is 2. The number of nitrogens with zero attached hydrogens (tertiary/aromatic N) is 4. The maximum atomic E-state index is 13.7. The number of rotatable bonds is 3. The second kappa shape index (κ2) is 7.11. The molecule has 1 aromatic heterocycles. The molecule has 3 aliphatic heterocycles. The number of hydrogen-bond acceptors (Lipinski definition) is 6. The highest BCUT2D eigenvalue weighted by Gasteiger charge is 2.53. The normalized spacial score (nSPS) is 27.1. The summed E-state index contributed by atoms with van der Waals surface area (Å²) in [7, 11) is 0. The largest absolute Gasteiger partial charge is 0.362 e. The van der Waals surface area contributed by atoms with Gasteiger partial charge in [0.1, 0.15) is 0 Å². The zero-order valence-corrected chi connectivity index (χ0v) is 19.4. The molecule has 4 aliphatic rings. The molecule has 2 aromatic rings. The van der Waals surface area contributed by atoms with Crippen molar-refractivity contribution in [1.29, 1.82) is 0 Å².